The van der Waals surface area contributed by atoms with Crippen molar-refractivity contribution in [1.82, 2.24) is 10.2 Å². The standard InChI is InChI=1S/C29H33ClFN3O4S/c1-4-21(2)32-29(36)27(18-22-8-6-5-7-9-22)33(19-23-10-12-24(30)13-11-23)28(35)20-34(39(3,37)38)26-16-14-25(31)15-17-26/h5-17,21,27H,4,18-20H2,1-3H3,(H,32,36)/t21-,27+/m0/s1. The Balaban J connectivity index is 2.04. The number of sulfonamides is 1. The van der Waals surface area contributed by atoms with Gasteiger partial charge in [0.15, 0.2) is 0 Å². The summed E-state index contributed by atoms with van der Waals surface area (Å²) in [5.41, 5.74) is 1.70. The highest BCUT2D eigenvalue weighted by molar-refractivity contribution is 7.92. The van der Waals surface area contributed by atoms with Crippen LogP contribution in [0.3, 0.4) is 0 Å². The van der Waals surface area contributed by atoms with E-state index < -0.39 is 34.3 Å². The van der Waals surface area contributed by atoms with Crippen LogP contribution < -0.4 is 9.62 Å². The second kappa shape index (κ2) is 13.6. The molecular formula is C29H33ClFN3O4S. The maximum atomic E-state index is 13.9. The Morgan fingerprint density at radius 3 is 2.13 bits per heavy atom. The predicted molar refractivity (Wildman–Crippen MR) is 152 cm³/mol. The van der Waals surface area contributed by atoms with Gasteiger partial charge in [-0.25, -0.2) is 12.8 Å². The van der Waals surface area contributed by atoms with Crippen LogP contribution in [0.4, 0.5) is 10.1 Å². The normalized spacial score (nSPS) is 12.8. The van der Waals surface area contributed by atoms with Crippen LogP contribution in [0.25, 0.3) is 0 Å². The molecule has 0 aromatic heterocycles. The number of nitrogens with one attached hydrogen (secondary N) is 1. The van der Waals surface area contributed by atoms with Crippen LogP contribution in [0.2, 0.25) is 5.02 Å². The quantitative estimate of drug-likeness (QED) is 0.337. The van der Waals surface area contributed by atoms with E-state index in [0.29, 0.717) is 11.4 Å². The molecule has 0 radical (unpaired) electrons. The molecule has 10 heteroatoms. The summed E-state index contributed by atoms with van der Waals surface area (Å²) >= 11 is 6.06. The molecular weight excluding hydrogens is 541 g/mol. The topological polar surface area (TPSA) is 86.8 Å². The lowest BCUT2D eigenvalue weighted by Gasteiger charge is -2.34. The Bertz CT molecular complexity index is 1350. The van der Waals surface area contributed by atoms with Gasteiger partial charge in [0.05, 0.1) is 11.9 Å². The zero-order valence-corrected chi connectivity index (χ0v) is 23.8. The number of amides is 2. The molecule has 39 heavy (non-hydrogen) atoms. The van der Waals surface area contributed by atoms with Gasteiger partial charge < -0.3 is 10.2 Å². The number of rotatable bonds is 12. The van der Waals surface area contributed by atoms with Gasteiger partial charge in [-0.15, -0.1) is 0 Å². The van der Waals surface area contributed by atoms with E-state index in [1.54, 1.807) is 24.3 Å². The summed E-state index contributed by atoms with van der Waals surface area (Å²) in [4.78, 5) is 28.9. The van der Waals surface area contributed by atoms with E-state index in [1.165, 1.54) is 17.0 Å². The van der Waals surface area contributed by atoms with Crippen molar-refractivity contribution in [2.45, 2.75) is 45.3 Å². The smallest absolute Gasteiger partial charge is 0.244 e. The van der Waals surface area contributed by atoms with Gasteiger partial charge in [0, 0.05) is 24.0 Å². The minimum atomic E-state index is -3.92. The molecule has 0 aliphatic carbocycles. The molecule has 208 valence electrons. The second-order valence-electron chi connectivity index (χ2n) is 9.42. The number of hydrogen-bond acceptors (Lipinski definition) is 4. The molecule has 0 saturated heterocycles. The Morgan fingerprint density at radius 1 is 0.949 bits per heavy atom. The lowest BCUT2D eigenvalue weighted by atomic mass is 10.0. The Kier molecular flexibility index (Phi) is 10.5. The number of carbonyl (C=O) groups is 2. The van der Waals surface area contributed by atoms with Crippen molar-refractivity contribution in [3.8, 4) is 0 Å². The van der Waals surface area contributed by atoms with Crippen molar-refractivity contribution in [2.75, 3.05) is 17.1 Å². The number of nitrogens with zero attached hydrogens (tertiary/aromatic N) is 2. The van der Waals surface area contributed by atoms with Crippen molar-refractivity contribution in [3.63, 3.8) is 0 Å². The van der Waals surface area contributed by atoms with Crippen LogP contribution in [-0.2, 0) is 32.6 Å². The lowest BCUT2D eigenvalue weighted by Crippen LogP contribution is -2.54. The average Bonchev–Trinajstić information content (AvgIpc) is 2.90. The van der Waals surface area contributed by atoms with Crippen molar-refractivity contribution in [3.05, 3.63) is 101 Å². The Morgan fingerprint density at radius 2 is 1.56 bits per heavy atom. The fraction of sp³-hybridized carbons (Fsp3) is 0.310. The molecule has 0 aliphatic heterocycles. The van der Waals surface area contributed by atoms with Crippen molar-refractivity contribution in [2.24, 2.45) is 0 Å². The highest BCUT2D eigenvalue weighted by atomic mass is 35.5. The molecule has 0 fully saturated rings. The monoisotopic (exact) mass is 573 g/mol. The number of anilines is 1. The maximum absolute atomic E-state index is 13.9. The van der Waals surface area contributed by atoms with E-state index in [9.17, 15) is 22.4 Å². The molecule has 3 aromatic rings. The van der Waals surface area contributed by atoms with Gasteiger partial charge in [0.25, 0.3) is 0 Å². The molecule has 0 heterocycles. The summed E-state index contributed by atoms with van der Waals surface area (Å²) in [6.45, 7) is 3.30. The lowest BCUT2D eigenvalue weighted by molar-refractivity contribution is -0.140. The van der Waals surface area contributed by atoms with E-state index in [4.69, 9.17) is 11.6 Å². The maximum Gasteiger partial charge on any atom is 0.244 e. The zero-order valence-electron chi connectivity index (χ0n) is 22.2. The predicted octanol–water partition coefficient (Wildman–Crippen LogP) is 4.80. The highest BCUT2D eigenvalue weighted by Gasteiger charge is 2.33. The largest absolute Gasteiger partial charge is 0.352 e. The van der Waals surface area contributed by atoms with Crippen LogP contribution in [-0.4, -0.2) is 50.0 Å². The number of halogens is 2. The molecule has 0 bridgehead atoms. The van der Waals surface area contributed by atoms with Gasteiger partial charge >= 0.3 is 0 Å². The third-order valence-electron chi connectivity index (χ3n) is 6.33. The van der Waals surface area contributed by atoms with Crippen LogP contribution in [0.5, 0.6) is 0 Å². The zero-order chi connectivity index (χ0) is 28.6. The fourth-order valence-corrected chi connectivity index (χ4v) is 4.98. The number of benzene rings is 3. The molecule has 3 aromatic carbocycles. The second-order valence-corrected chi connectivity index (χ2v) is 11.8. The molecule has 0 unspecified atom stereocenters. The van der Waals surface area contributed by atoms with Crippen LogP contribution >= 0.6 is 11.6 Å². The van der Waals surface area contributed by atoms with Gasteiger partial charge in [-0.05, 0) is 60.9 Å². The van der Waals surface area contributed by atoms with Gasteiger partial charge in [-0.2, -0.15) is 0 Å². The SMILES string of the molecule is CC[C@H](C)NC(=O)[C@@H](Cc1ccccc1)N(Cc1ccc(Cl)cc1)C(=O)CN(c1ccc(F)cc1)S(C)(=O)=O. The van der Waals surface area contributed by atoms with Crippen LogP contribution in [0, 0.1) is 5.82 Å². The van der Waals surface area contributed by atoms with E-state index in [2.05, 4.69) is 5.32 Å². The van der Waals surface area contributed by atoms with E-state index in [1.807, 2.05) is 44.2 Å². The molecule has 7 nitrogen and oxygen atoms in total. The van der Waals surface area contributed by atoms with Gasteiger partial charge in [0.2, 0.25) is 21.8 Å². The summed E-state index contributed by atoms with van der Waals surface area (Å²) in [5, 5.41) is 3.49. The molecule has 0 spiro atoms. The first-order valence-electron chi connectivity index (χ1n) is 12.6. The summed E-state index contributed by atoms with van der Waals surface area (Å²) < 4.78 is 39.9. The summed E-state index contributed by atoms with van der Waals surface area (Å²) in [6, 6.07) is 20.0. The average molecular weight is 574 g/mol. The summed E-state index contributed by atoms with van der Waals surface area (Å²) in [7, 11) is -3.92. The number of carbonyl (C=O) groups excluding carboxylic acids is 2. The molecule has 2 amide bonds. The highest BCUT2D eigenvalue weighted by Crippen LogP contribution is 2.21. The minimum Gasteiger partial charge on any atom is -0.352 e. The molecule has 2 atom stereocenters. The summed E-state index contributed by atoms with van der Waals surface area (Å²) in [5.74, 6) is -1.46. The van der Waals surface area contributed by atoms with Crippen molar-refractivity contribution < 1.29 is 22.4 Å². The molecule has 0 saturated carbocycles. The van der Waals surface area contributed by atoms with Crippen LogP contribution in [0.1, 0.15) is 31.4 Å². The van der Waals surface area contributed by atoms with E-state index in [0.717, 1.165) is 33.8 Å². The third-order valence-corrected chi connectivity index (χ3v) is 7.72. The first-order valence-corrected chi connectivity index (χ1v) is 14.8. The van der Waals surface area contributed by atoms with Gasteiger partial charge in [-0.1, -0.05) is 61.0 Å². The fourth-order valence-electron chi connectivity index (χ4n) is 4.00. The minimum absolute atomic E-state index is 0.0441. The van der Waals surface area contributed by atoms with E-state index >= 15 is 0 Å². The molecule has 3 rings (SSSR count). The third kappa shape index (κ3) is 8.80. The molecule has 1 N–H and O–H groups in total. The number of hydrogen-bond donors (Lipinski definition) is 1. The van der Waals surface area contributed by atoms with Crippen LogP contribution in [0.15, 0.2) is 78.9 Å². The first kappa shape index (κ1) is 30.1. The Hall–Kier alpha value is -3.43. The van der Waals surface area contributed by atoms with Gasteiger partial charge in [-0.3, -0.25) is 13.9 Å². The van der Waals surface area contributed by atoms with Crippen molar-refractivity contribution in [1.29, 1.82) is 0 Å². The van der Waals surface area contributed by atoms with Gasteiger partial charge in [0.1, 0.15) is 18.4 Å². The summed E-state index contributed by atoms with van der Waals surface area (Å²) in [6.07, 6.45) is 1.89. The molecule has 0 aliphatic rings. The Labute approximate surface area is 234 Å². The first-order chi connectivity index (χ1) is 18.5. The van der Waals surface area contributed by atoms with Crippen molar-refractivity contribution >= 4 is 39.1 Å². The van der Waals surface area contributed by atoms with E-state index in [-0.39, 0.29) is 30.6 Å².